The molecule has 0 radical (unpaired) electrons. The van der Waals surface area contributed by atoms with Crippen molar-refractivity contribution in [1.82, 2.24) is 4.90 Å². The average molecular weight is 337 g/mol. The van der Waals surface area contributed by atoms with Gasteiger partial charge in [-0.05, 0) is 37.5 Å². The topological polar surface area (TPSA) is 46.6 Å². The Bertz CT molecular complexity index is 770. The molecular formula is C21H23NO3. The molecule has 1 amide bonds. The summed E-state index contributed by atoms with van der Waals surface area (Å²) in [5.74, 6) is -0.101. The molecular weight excluding hydrogens is 314 g/mol. The van der Waals surface area contributed by atoms with E-state index in [0.717, 1.165) is 17.5 Å². The number of hydrogen-bond donors (Lipinski definition) is 0. The second-order valence-corrected chi connectivity index (χ2v) is 6.67. The zero-order valence-electron chi connectivity index (χ0n) is 14.7. The van der Waals surface area contributed by atoms with Crippen LogP contribution in [0, 0.1) is 19.8 Å². The van der Waals surface area contributed by atoms with Gasteiger partial charge in [0.25, 0.3) is 0 Å². The maximum atomic E-state index is 12.4. The lowest BCUT2D eigenvalue weighted by atomic mass is 10.1. The summed E-state index contributed by atoms with van der Waals surface area (Å²) in [5, 5.41) is 0. The van der Waals surface area contributed by atoms with E-state index in [1.807, 2.05) is 62.4 Å². The molecule has 0 saturated carbocycles. The first-order chi connectivity index (χ1) is 12.0. The predicted molar refractivity (Wildman–Crippen MR) is 96.4 cm³/mol. The third-order valence-electron chi connectivity index (χ3n) is 4.60. The van der Waals surface area contributed by atoms with Crippen LogP contribution in [0.4, 0.5) is 0 Å². The number of benzene rings is 2. The number of carbonyl (C=O) groups excluding carboxylic acids is 2. The van der Waals surface area contributed by atoms with Crippen LogP contribution < -0.4 is 4.74 Å². The van der Waals surface area contributed by atoms with Crippen molar-refractivity contribution in [2.75, 3.05) is 13.1 Å². The minimum atomic E-state index is -0.385. The smallest absolute Gasteiger partial charge is 0.316 e. The molecule has 1 atom stereocenters. The molecule has 4 heteroatoms. The third-order valence-corrected chi connectivity index (χ3v) is 4.60. The first-order valence-electron chi connectivity index (χ1n) is 8.63. The van der Waals surface area contributed by atoms with Crippen molar-refractivity contribution >= 4 is 11.9 Å². The van der Waals surface area contributed by atoms with Gasteiger partial charge < -0.3 is 9.64 Å². The fourth-order valence-corrected chi connectivity index (χ4v) is 3.16. The van der Waals surface area contributed by atoms with Crippen molar-refractivity contribution in [1.29, 1.82) is 0 Å². The van der Waals surface area contributed by atoms with Gasteiger partial charge >= 0.3 is 5.97 Å². The van der Waals surface area contributed by atoms with Crippen molar-refractivity contribution < 1.29 is 14.3 Å². The lowest BCUT2D eigenvalue weighted by Crippen LogP contribution is -2.29. The van der Waals surface area contributed by atoms with Gasteiger partial charge in [0.05, 0.1) is 5.92 Å². The van der Waals surface area contributed by atoms with Crippen LogP contribution in [0.5, 0.6) is 5.75 Å². The molecule has 1 heterocycles. The summed E-state index contributed by atoms with van der Waals surface area (Å²) in [4.78, 5) is 26.4. The number of amides is 1. The number of ether oxygens (including phenoxy) is 1. The molecule has 0 aromatic heterocycles. The van der Waals surface area contributed by atoms with Crippen LogP contribution >= 0.6 is 0 Å². The van der Waals surface area contributed by atoms with Crippen LogP contribution in [0.1, 0.15) is 23.1 Å². The molecule has 1 unspecified atom stereocenters. The van der Waals surface area contributed by atoms with Gasteiger partial charge in [0.2, 0.25) is 5.91 Å². The van der Waals surface area contributed by atoms with Crippen LogP contribution in [0.25, 0.3) is 0 Å². The fraction of sp³-hybridized carbons (Fsp3) is 0.333. The summed E-state index contributed by atoms with van der Waals surface area (Å²) in [7, 11) is 0. The van der Waals surface area contributed by atoms with Gasteiger partial charge in [-0.3, -0.25) is 9.59 Å². The Hall–Kier alpha value is -2.62. The number of nitrogens with zero attached hydrogens (tertiary/aromatic N) is 1. The SMILES string of the molecule is Cc1ccc(OC(=O)C2CC(=O)N(CCc3ccccc3)C2)c(C)c1. The second kappa shape index (κ2) is 7.51. The van der Waals surface area contributed by atoms with Crippen LogP contribution in [-0.4, -0.2) is 29.9 Å². The molecule has 130 valence electrons. The van der Waals surface area contributed by atoms with Gasteiger partial charge in [0.15, 0.2) is 0 Å². The number of aryl methyl sites for hydroxylation is 2. The molecule has 4 nitrogen and oxygen atoms in total. The summed E-state index contributed by atoms with van der Waals surface area (Å²) in [5.41, 5.74) is 3.25. The second-order valence-electron chi connectivity index (χ2n) is 6.67. The first-order valence-corrected chi connectivity index (χ1v) is 8.63. The van der Waals surface area contributed by atoms with Crippen LogP contribution in [0.2, 0.25) is 0 Å². The van der Waals surface area contributed by atoms with E-state index in [4.69, 9.17) is 4.74 Å². The molecule has 1 aliphatic rings. The molecule has 2 aromatic carbocycles. The maximum Gasteiger partial charge on any atom is 0.316 e. The molecule has 0 aliphatic carbocycles. The number of likely N-dealkylation sites (tertiary alicyclic amines) is 1. The Morgan fingerprint density at radius 3 is 2.64 bits per heavy atom. The van der Waals surface area contributed by atoms with Crippen LogP contribution in [0.15, 0.2) is 48.5 Å². The number of esters is 1. The lowest BCUT2D eigenvalue weighted by molar-refractivity contribution is -0.139. The van der Waals surface area contributed by atoms with Gasteiger partial charge in [-0.25, -0.2) is 0 Å². The predicted octanol–water partition coefficient (Wildman–Crippen LogP) is 3.30. The maximum absolute atomic E-state index is 12.4. The van der Waals surface area contributed by atoms with Gasteiger partial charge in [0.1, 0.15) is 5.75 Å². The minimum absolute atomic E-state index is 0.0264. The molecule has 0 N–H and O–H groups in total. The number of carbonyl (C=O) groups is 2. The Kier molecular flexibility index (Phi) is 5.17. The largest absolute Gasteiger partial charge is 0.426 e. The van der Waals surface area contributed by atoms with E-state index < -0.39 is 0 Å². The van der Waals surface area contributed by atoms with E-state index in [2.05, 4.69) is 0 Å². The van der Waals surface area contributed by atoms with E-state index >= 15 is 0 Å². The van der Waals surface area contributed by atoms with E-state index in [0.29, 0.717) is 18.8 Å². The van der Waals surface area contributed by atoms with Gasteiger partial charge in [-0.2, -0.15) is 0 Å². The first kappa shape index (κ1) is 17.2. The molecule has 1 fully saturated rings. The summed E-state index contributed by atoms with van der Waals surface area (Å²) < 4.78 is 5.53. The molecule has 0 spiro atoms. The zero-order valence-corrected chi connectivity index (χ0v) is 14.7. The summed E-state index contributed by atoms with van der Waals surface area (Å²) in [6, 6.07) is 15.8. The molecule has 1 aliphatic heterocycles. The van der Waals surface area contributed by atoms with Crippen molar-refractivity contribution in [2.24, 2.45) is 5.92 Å². The van der Waals surface area contributed by atoms with E-state index in [-0.39, 0.29) is 24.2 Å². The van der Waals surface area contributed by atoms with Gasteiger partial charge in [0, 0.05) is 19.5 Å². The highest BCUT2D eigenvalue weighted by atomic mass is 16.5. The molecule has 0 bridgehead atoms. The van der Waals surface area contributed by atoms with Crippen LogP contribution in [0.3, 0.4) is 0 Å². The summed E-state index contributed by atoms with van der Waals surface area (Å²) >= 11 is 0. The lowest BCUT2D eigenvalue weighted by Gasteiger charge is -2.16. The highest BCUT2D eigenvalue weighted by Gasteiger charge is 2.35. The zero-order chi connectivity index (χ0) is 17.8. The molecule has 1 saturated heterocycles. The Labute approximate surface area is 148 Å². The number of rotatable bonds is 5. The minimum Gasteiger partial charge on any atom is -0.426 e. The highest BCUT2D eigenvalue weighted by Crippen LogP contribution is 2.24. The van der Waals surface area contributed by atoms with Gasteiger partial charge in [-0.15, -0.1) is 0 Å². The van der Waals surface area contributed by atoms with Crippen molar-refractivity contribution in [2.45, 2.75) is 26.7 Å². The normalized spacial score (nSPS) is 17.0. The Balaban J connectivity index is 1.57. The van der Waals surface area contributed by atoms with Crippen molar-refractivity contribution in [3.63, 3.8) is 0 Å². The van der Waals surface area contributed by atoms with E-state index in [1.165, 1.54) is 5.56 Å². The monoisotopic (exact) mass is 337 g/mol. The molecule has 2 aromatic rings. The third kappa shape index (κ3) is 4.27. The molecule has 3 rings (SSSR count). The Morgan fingerprint density at radius 1 is 1.16 bits per heavy atom. The highest BCUT2D eigenvalue weighted by molar-refractivity contribution is 5.87. The van der Waals surface area contributed by atoms with E-state index in [1.54, 1.807) is 4.90 Å². The standard InChI is InChI=1S/C21H23NO3/c1-15-8-9-19(16(2)12-15)25-21(24)18-13-20(23)22(14-18)11-10-17-6-4-3-5-7-17/h3-9,12,18H,10-11,13-14H2,1-2H3. The summed E-state index contributed by atoms with van der Waals surface area (Å²) in [6.07, 6.45) is 1.03. The fourth-order valence-electron chi connectivity index (χ4n) is 3.16. The van der Waals surface area contributed by atoms with Crippen molar-refractivity contribution in [3.8, 4) is 5.75 Å². The Morgan fingerprint density at radius 2 is 1.92 bits per heavy atom. The van der Waals surface area contributed by atoms with E-state index in [9.17, 15) is 9.59 Å². The average Bonchev–Trinajstić information content (AvgIpc) is 2.97. The van der Waals surface area contributed by atoms with Crippen molar-refractivity contribution in [3.05, 3.63) is 65.2 Å². The van der Waals surface area contributed by atoms with Crippen LogP contribution in [-0.2, 0) is 16.0 Å². The molecule has 25 heavy (non-hydrogen) atoms. The number of hydrogen-bond acceptors (Lipinski definition) is 3. The summed E-state index contributed by atoms with van der Waals surface area (Å²) in [6.45, 7) is 4.99. The quantitative estimate of drug-likeness (QED) is 0.621. The van der Waals surface area contributed by atoms with Gasteiger partial charge in [-0.1, -0.05) is 48.0 Å².